The van der Waals surface area contributed by atoms with Gasteiger partial charge >= 0.3 is 11.8 Å². The van der Waals surface area contributed by atoms with E-state index in [-0.39, 0.29) is 12.3 Å². The highest BCUT2D eigenvalue weighted by Crippen LogP contribution is 2.15. The Labute approximate surface area is 163 Å². The van der Waals surface area contributed by atoms with Crippen molar-refractivity contribution in [1.82, 2.24) is 5.43 Å². The van der Waals surface area contributed by atoms with E-state index in [1.807, 2.05) is 31.1 Å². The highest BCUT2D eigenvalue weighted by atomic mass is 16.2. The Morgan fingerprint density at radius 1 is 0.857 bits per heavy atom. The lowest BCUT2D eigenvalue weighted by atomic mass is 10.2. The molecule has 2 aromatic carbocycles. The number of rotatable bonds is 6. The fourth-order valence-corrected chi connectivity index (χ4v) is 2.23. The molecule has 28 heavy (non-hydrogen) atoms. The van der Waals surface area contributed by atoms with Crippen LogP contribution in [0, 0.1) is 0 Å². The summed E-state index contributed by atoms with van der Waals surface area (Å²) in [4.78, 5) is 37.6. The van der Waals surface area contributed by atoms with Crippen molar-refractivity contribution in [2.75, 3.05) is 29.6 Å². The number of anilines is 3. The van der Waals surface area contributed by atoms with Gasteiger partial charge in [-0.3, -0.25) is 14.4 Å². The zero-order valence-corrected chi connectivity index (χ0v) is 16.0. The number of amides is 3. The molecule has 3 N–H and O–H groups in total. The van der Waals surface area contributed by atoms with Crippen molar-refractivity contribution in [2.45, 2.75) is 13.3 Å². The van der Waals surface area contributed by atoms with Crippen LogP contribution in [0.5, 0.6) is 0 Å². The highest BCUT2D eigenvalue weighted by Gasteiger charge is 2.13. The molecule has 0 heterocycles. The minimum Gasteiger partial charge on any atom is -0.378 e. The van der Waals surface area contributed by atoms with Crippen LogP contribution < -0.4 is 21.0 Å². The third-order valence-electron chi connectivity index (χ3n) is 3.67. The van der Waals surface area contributed by atoms with E-state index in [9.17, 15) is 14.4 Å². The lowest BCUT2D eigenvalue weighted by molar-refractivity contribution is -0.136. The summed E-state index contributed by atoms with van der Waals surface area (Å²) in [6.07, 6.45) is -0.0178. The lowest BCUT2D eigenvalue weighted by Crippen LogP contribution is -2.33. The van der Waals surface area contributed by atoms with Gasteiger partial charge in [0.1, 0.15) is 0 Å². The number of benzene rings is 2. The molecule has 146 valence electrons. The number of nitrogens with one attached hydrogen (secondary N) is 3. The predicted octanol–water partition coefficient (Wildman–Crippen LogP) is 2.21. The normalized spacial score (nSPS) is 10.8. The molecule has 0 radical (unpaired) electrons. The molecule has 2 rings (SSSR count). The first kappa shape index (κ1) is 20.6. The van der Waals surface area contributed by atoms with Crippen molar-refractivity contribution >= 4 is 40.5 Å². The van der Waals surface area contributed by atoms with Gasteiger partial charge in [0.15, 0.2) is 0 Å². The smallest absolute Gasteiger partial charge is 0.329 e. The van der Waals surface area contributed by atoms with E-state index in [1.54, 1.807) is 49.4 Å². The van der Waals surface area contributed by atoms with Gasteiger partial charge in [-0.2, -0.15) is 5.10 Å². The largest absolute Gasteiger partial charge is 0.378 e. The average Bonchev–Trinajstić information content (AvgIpc) is 2.67. The van der Waals surface area contributed by atoms with Crippen molar-refractivity contribution in [1.29, 1.82) is 0 Å². The molecule has 0 aliphatic carbocycles. The summed E-state index contributed by atoms with van der Waals surface area (Å²) in [5.74, 6) is -2.03. The van der Waals surface area contributed by atoms with Gasteiger partial charge < -0.3 is 15.5 Å². The van der Waals surface area contributed by atoms with E-state index < -0.39 is 11.8 Å². The molecule has 0 unspecified atom stereocenters. The highest BCUT2D eigenvalue weighted by molar-refractivity contribution is 6.39. The quantitative estimate of drug-likeness (QED) is 0.405. The zero-order valence-electron chi connectivity index (χ0n) is 16.0. The molecule has 3 amide bonds. The molecule has 8 heteroatoms. The van der Waals surface area contributed by atoms with E-state index in [0.717, 1.165) is 5.69 Å². The topological polar surface area (TPSA) is 103 Å². The van der Waals surface area contributed by atoms with Crippen LogP contribution in [0.15, 0.2) is 59.7 Å². The maximum Gasteiger partial charge on any atom is 0.329 e. The summed E-state index contributed by atoms with van der Waals surface area (Å²) in [7, 11) is 3.86. The molecule has 0 spiro atoms. The predicted molar refractivity (Wildman–Crippen MR) is 110 cm³/mol. The summed E-state index contributed by atoms with van der Waals surface area (Å²) in [6.45, 7) is 1.59. The molecule has 0 aliphatic rings. The van der Waals surface area contributed by atoms with Gasteiger partial charge in [-0.1, -0.05) is 18.2 Å². The average molecular weight is 381 g/mol. The van der Waals surface area contributed by atoms with Crippen molar-refractivity contribution in [3.8, 4) is 0 Å². The maximum absolute atomic E-state index is 12.1. The SMILES string of the molecule is C/C(CC(=O)Nc1ccc(N(C)C)cc1)=N/NC(=O)C(=O)Nc1ccccc1. The molecule has 0 aromatic heterocycles. The van der Waals surface area contributed by atoms with Gasteiger partial charge in [0.05, 0.1) is 6.42 Å². The van der Waals surface area contributed by atoms with Gasteiger partial charge in [0.2, 0.25) is 5.91 Å². The van der Waals surface area contributed by atoms with Crippen LogP contribution in [0.25, 0.3) is 0 Å². The van der Waals surface area contributed by atoms with E-state index in [1.165, 1.54) is 0 Å². The Morgan fingerprint density at radius 3 is 2.07 bits per heavy atom. The Morgan fingerprint density at radius 2 is 1.46 bits per heavy atom. The number of carbonyl (C=O) groups excluding carboxylic acids is 3. The molecular weight excluding hydrogens is 358 g/mol. The van der Waals surface area contributed by atoms with Crippen molar-refractivity contribution < 1.29 is 14.4 Å². The summed E-state index contributed by atoms with van der Waals surface area (Å²) >= 11 is 0. The van der Waals surface area contributed by atoms with E-state index >= 15 is 0 Å². The second-order valence-corrected chi connectivity index (χ2v) is 6.27. The van der Waals surface area contributed by atoms with E-state index in [2.05, 4.69) is 21.2 Å². The van der Waals surface area contributed by atoms with Crippen LogP contribution in [-0.2, 0) is 14.4 Å². The molecule has 0 saturated heterocycles. The molecule has 0 bridgehead atoms. The van der Waals surface area contributed by atoms with Crippen LogP contribution in [0.3, 0.4) is 0 Å². The Kier molecular flexibility index (Phi) is 7.27. The first-order valence-corrected chi connectivity index (χ1v) is 8.62. The van der Waals surface area contributed by atoms with Gasteiger partial charge in [0.25, 0.3) is 0 Å². The minimum atomic E-state index is -0.914. The van der Waals surface area contributed by atoms with E-state index in [4.69, 9.17) is 0 Å². The zero-order chi connectivity index (χ0) is 20.5. The summed E-state index contributed by atoms with van der Waals surface area (Å²) < 4.78 is 0. The van der Waals surface area contributed by atoms with Crippen molar-refractivity contribution in [3.05, 3.63) is 54.6 Å². The Balaban J connectivity index is 1.81. The number of hydrazone groups is 1. The fourth-order valence-electron chi connectivity index (χ4n) is 2.23. The monoisotopic (exact) mass is 381 g/mol. The second-order valence-electron chi connectivity index (χ2n) is 6.27. The Hall–Kier alpha value is -3.68. The second kappa shape index (κ2) is 9.86. The number of nitrogens with zero attached hydrogens (tertiary/aromatic N) is 2. The molecular formula is C20H23N5O3. The first-order valence-electron chi connectivity index (χ1n) is 8.62. The standard InChI is InChI=1S/C20H23N5O3/c1-14(13-18(26)21-16-9-11-17(12-10-16)25(2)3)23-24-20(28)19(27)22-15-7-5-4-6-8-15/h4-12H,13H2,1-3H3,(H,21,26)(H,22,27)(H,24,28)/b23-14-. The van der Waals surface area contributed by atoms with Crippen LogP contribution in [-0.4, -0.2) is 37.5 Å². The van der Waals surface area contributed by atoms with Crippen LogP contribution in [0.4, 0.5) is 17.1 Å². The minimum absolute atomic E-state index is 0.0178. The fraction of sp³-hybridized carbons (Fsp3) is 0.200. The van der Waals surface area contributed by atoms with Gasteiger partial charge in [-0.15, -0.1) is 0 Å². The number of carbonyl (C=O) groups is 3. The van der Waals surface area contributed by atoms with Gasteiger partial charge in [-0.25, -0.2) is 5.43 Å². The molecule has 2 aromatic rings. The van der Waals surface area contributed by atoms with Gasteiger partial charge in [-0.05, 0) is 43.3 Å². The third kappa shape index (κ3) is 6.56. The molecule has 0 saturated carbocycles. The number of para-hydroxylation sites is 1. The molecule has 0 atom stereocenters. The molecule has 0 fully saturated rings. The Bertz CT molecular complexity index is 861. The lowest BCUT2D eigenvalue weighted by Gasteiger charge is -2.13. The number of hydrogen-bond donors (Lipinski definition) is 3. The summed E-state index contributed by atoms with van der Waals surface area (Å²) in [6, 6.07) is 16.0. The summed E-state index contributed by atoms with van der Waals surface area (Å²) in [5, 5.41) is 8.99. The third-order valence-corrected chi connectivity index (χ3v) is 3.67. The van der Waals surface area contributed by atoms with Gasteiger partial charge in [0, 0.05) is 36.9 Å². The van der Waals surface area contributed by atoms with Crippen molar-refractivity contribution in [2.24, 2.45) is 5.10 Å². The molecule has 8 nitrogen and oxygen atoms in total. The van der Waals surface area contributed by atoms with Crippen LogP contribution in [0.1, 0.15) is 13.3 Å². The van der Waals surface area contributed by atoms with E-state index in [0.29, 0.717) is 17.1 Å². The molecule has 0 aliphatic heterocycles. The maximum atomic E-state index is 12.1. The summed E-state index contributed by atoms with van der Waals surface area (Å²) in [5.41, 5.74) is 4.69. The first-order chi connectivity index (χ1) is 13.3. The van der Waals surface area contributed by atoms with Crippen LogP contribution >= 0.6 is 0 Å². The number of hydrogen-bond acceptors (Lipinski definition) is 5. The van der Waals surface area contributed by atoms with Crippen LogP contribution in [0.2, 0.25) is 0 Å². The van der Waals surface area contributed by atoms with Crippen molar-refractivity contribution in [3.63, 3.8) is 0 Å².